The average molecular weight is 403 g/mol. The maximum atomic E-state index is 0. The second-order valence-corrected chi connectivity index (χ2v) is 0. The first-order chi connectivity index (χ1) is 0. The first-order valence-corrected chi connectivity index (χ1v) is 0. The van der Waals surface area contributed by atoms with Crippen molar-refractivity contribution in [3.63, 3.8) is 0 Å². The molecule has 0 aliphatic carbocycles. The molecule has 0 saturated heterocycles. The Kier molecular flexibility index (Phi) is 208. The minimum absolute atomic E-state index is 0. The fourth-order valence-electron chi connectivity index (χ4n) is 0. The minimum atomic E-state index is 0. The van der Waals surface area contributed by atoms with Crippen molar-refractivity contribution in [1.82, 2.24) is 0 Å². The van der Waals surface area contributed by atoms with E-state index < -0.39 is 0 Å². The molecule has 5 heteroatoms. The number of hydrogen-bond donors (Lipinski definition) is 0. The second-order valence-electron chi connectivity index (χ2n) is 0. The van der Waals surface area contributed by atoms with Gasteiger partial charge in [0.25, 0.3) is 0 Å². The van der Waals surface area contributed by atoms with Gasteiger partial charge in [-0.1, -0.05) is 0 Å². The van der Waals surface area contributed by atoms with Gasteiger partial charge >= 0.3 is 49.8 Å². The monoisotopic (exact) mass is 405 g/mol. The molecule has 0 fully saturated rings. The molecule has 0 heterocycles. The normalized spacial score (nSPS) is 0. The van der Waals surface area contributed by atoms with Crippen molar-refractivity contribution in [2.24, 2.45) is 0 Å². The van der Waals surface area contributed by atoms with Crippen LogP contribution in [0.4, 0.5) is 0 Å². The molecule has 0 spiro atoms. The molecule has 0 aliphatic rings. The minimum Gasteiger partial charge on any atom is 0 e. The van der Waals surface area contributed by atoms with Crippen molar-refractivity contribution in [2.75, 3.05) is 0 Å². The second kappa shape index (κ2) is 26.2. The van der Waals surface area contributed by atoms with E-state index in [1.54, 1.807) is 0 Å². The summed E-state index contributed by atoms with van der Waals surface area (Å²) in [6.45, 7) is 0. The van der Waals surface area contributed by atoms with Crippen LogP contribution in [0.5, 0.6) is 0 Å². The Hall–Kier alpha value is 3.41. The summed E-state index contributed by atoms with van der Waals surface area (Å²) in [4.78, 5) is 0. The Morgan fingerprint density at radius 3 is 1.00 bits per heavy atom. The predicted octanol–water partition coefficient (Wildman–Crippen LogP) is -2.64. The molecule has 0 N–H and O–H groups in total. The predicted molar refractivity (Wildman–Crippen MR) is 21.3 cm³/mol. The molecule has 0 aromatic carbocycles. The van der Waals surface area contributed by atoms with E-state index >= 15 is 0 Å². The summed E-state index contributed by atoms with van der Waals surface area (Å²) in [7, 11) is 0. The fourth-order valence-corrected chi connectivity index (χ4v) is 0. The van der Waals surface area contributed by atoms with Crippen LogP contribution in [0.25, 0.3) is 0 Å². The molecular formula is H7CoFeInSnTi. The molecule has 0 atom stereocenters. The zero-order valence-electron chi connectivity index (χ0n) is 1.19. The van der Waals surface area contributed by atoms with Crippen LogP contribution in [-0.2, 0) is 55.6 Å². The van der Waals surface area contributed by atoms with Gasteiger partial charge in [-0.3, -0.25) is 0 Å². The van der Waals surface area contributed by atoms with Gasteiger partial charge in [-0.25, -0.2) is 0 Å². The smallest absolute Gasteiger partial charge is 0 e. The molecule has 5 heavy (non-hydrogen) atoms. The first-order valence-electron chi connectivity index (χ1n) is 0. The van der Waals surface area contributed by atoms with Gasteiger partial charge in [0.1, 0.15) is 0 Å². The molecule has 0 amide bonds. The van der Waals surface area contributed by atoms with Crippen LogP contribution in [0.15, 0.2) is 0 Å². The summed E-state index contributed by atoms with van der Waals surface area (Å²) in [6, 6.07) is 0. The summed E-state index contributed by atoms with van der Waals surface area (Å²) < 4.78 is 0. The largest absolute Gasteiger partial charge is 0 e. The van der Waals surface area contributed by atoms with Gasteiger partial charge in [0.15, 0.2) is 0 Å². The average Bonchev–Trinajstić information content (AvgIpc) is 0. The van der Waals surface area contributed by atoms with E-state index in [0.717, 1.165) is 0 Å². The van der Waals surface area contributed by atoms with Crippen molar-refractivity contribution in [2.45, 2.75) is 0 Å². The molecule has 0 bridgehead atoms. The summed E-state index contributed by atoms with van der Waals surface area (Å²) in [5, 5.41) is 0. The SMILES string of the molecule is [Co].[Fe].[InH3].[SnH4].[Ti]. The van der Waals surface area contributed by atoms with Crippen molar-refractivity contribution >= 4 is 49.8 Å². The summed E-state index contributed by atoms with van der Waals surface area (Å²) >= 11 is 0. The Bertz CT molecular complexity index is 11.6. The van der Waals surface area contributed by atoms with Gasteiger partial charge in [-0.15, -0.1) is 0 Å². The fraction of sp³-hybridized carbons (Fsp3) is 0. The van der Waals surface area contributed by atoms with Gasteiger partial charge < -0.3 is 0 Å². The van der Waals surface area contributed by atoms with Gasteiger partial charge in [-0.05, 0) is 0 Å². The molecule has 0 aliphatic heterocycles. The van der Waals surface area contributed by atoms with E-state index in [0.29, 0.717) is 0 Å². The quantitative estimate of drug-likeness (QED) is 0.388. The Labute approximate surface area is 103 Å². The van der Waals surface area contributed by atoms with Crippen molar-refractivity contribution in [1.29, 1.82) is 0 Å². The van der Waals surface area contributed by atoms with Crippen LogP contribution in [0.1, 0.15) is 0 Å². The standard InChI is InChI=1S/Co.Fe.In.Sn.Ti.7H. The number of rotatable bonds is 0. The topological polar surface area (TPSA) is 0 Å². The summed E-state index contributed by atoms with van der Waals surface area (Å²) in [6.07, 6.45) is 0. The molecule has 0 saturated carbocycles. The van der Waals surface area contributed by atoms with E-state index in [-0.39, 0.29) is 105 Å². The van der Waals surface area contributed by atoms with Gasteiger partial charge in [-0.2, -0.15) is 0 Å². The molecule has 0 nitrogen and oxygen atoms in total. The van der Waals surface area contributed by atoms with Gasteiger partial charge in [0.2, 0.25) is 0 Å². The molecule has 0 rings (SSSR count). The van der Waals surface area contributed by atoms with E-state index in [1.165, 1.54) is 0 Å². The Morgan fingerprint density at radius 1 is 1.00 bits per heavy atom. The molecule has 0 aromatic heterocycles. The third-order valence-corrected chi connectivity index (χ3v) is 0. The number of hydrogen-bond acceptors (Lipinski definition) is 0. The summed E-state index contributed by atoms with van der Waals surface area (Å²) in [5.41, 5.74) is 0. The first kappa shape index (κ1) is 39.7. The van der Waals surface area contributed by atoms with Crippen LogP contribution in [-0.4, -0.2) is 49.8 Å². The molecule has 0 aromatic rings. The molecule has 0 unspecified atom stereocenters. The van der Waals surface area contributed by atoms with E-state index in [4.69, 9.17) is 0 Å². The van der Waals surface area contributed by atoms with Crippen LogP contribution in [0.2, 0.25) is 0 Å². The third kappa shape index (κ3) is 18.7. The van der Waals surface area contributed by atoms with E-state index in [9.17, 15) is 0 Å². The van der Waals surface area contributed by atoms with Crippen molar-refractivity contribution in [3.05, 3.63) is 0 Å². The van der Waals surface area contributed by atoms with Gasteiger partial charge in [0.05, 0.1) is 0 Å². The zero-order chi connectivity index (χ0) is 0. The van der Waals surface area contributed by atoms with Crippen LogP contribution in [0.3, 0.4) is 0 Å². The zero-order valence-corrected chi connectivity index (χ0v) is 4.89. The molecule has 35 valence electrons. The maximum absolute atomic E-state index is 0. The van der Waals surface area contributed by atoms with Crippen LogP contribution < -0.4 is 0 Å². The van der Waals surface area contributed by atoms with Crippen molar-refractivity contribution in [3.8, 4) is 0 Å². The van der Waals surface area contributed by atoms with Crippen LogP contribution >= 0.6 is 0 Å². The molecule has 1 radical (unpaired) electrons. The van der Waals surface area contributed by atoms with Crippen molar-refractivity contribution < 1.29 is 55.6 Å². The van der Waals surface area contributed by atoms with E-state index in [1.807, 2.05) is 0 Å². The Morgan fingerprint density at radius 2 is 1.00 bits per heavy atom. The van der Waals surface area contributed by atoms with Gasteiger partial charge in [0, 0.05) is 55.6 Å². The summed E-state index contributed by atoms with van der Waals surface area (Å²) in [5.74, 6) is 0. The van der Waals surface area contributed by atoms with E-state index in [2.05, 4.69) is 0 Å². The third-order valence-electron chi connectivity index (χ3n) is 0. The Balaban J connectivity index is 0. The maximum Gasteiger partial charge on any atom is 0 e. The van der Waals surface area contributed by atoms with Crippen LogP contribution in [0, 0.1) is 0 Å². The molecular weight excluding hydrogens is 396 g/mol.